The molecule has 0 spiro atoms. The number of imide groups is 1. The summed E-state index contributed by atoms with van der Waals surface area (Å²) in [5.74, 6) is 0.253. The van der Waals surface area contributed by atoms with E-state index in [1.165, 1.54) is 0 Å². The summed E-state index contributed by atoms with van der Waals surface area (Å²) in [6.07, 6.45) is -0.217. The van der Waals surface area contributed by atoms with Crippen LogP contribution in [0.5, 0.6) is 11.5 Å². The molecule has 1 saturated heterocycles. The maximum Gasteiger partial charge on any atom is 0.325 e. The monoisotopic (exact) mass is 411 g/mol. The summed E-state index contributed by atoms with van der Waals surface area (Å²) in [5, 5.41) is 14.8. The standard InChI is InChI=1S/C21H21N3O6/c25-11-16(14-4-2-1-3-5-14)22-19(26)9-15-20(27)24(21(28)23-15)10-13-6-7-17-18(8-13)30-12-29-17/h1-8,15-16,25H,9-12H2,(H,22,26)(H,23,28). The fourth-order valence-electron chi connectivity index (χ4n) is 3.45. The highest BCUT2D eigenvalue weighted by Crippen LogP contribution is 2.33. The van der Waals surface area contributed by atoms with Gasteiger partial charge in [-0.15, -0.1) is 0 Å². The van der Waals surface area contributed by atoms with Gasteiger partial charge in [0.1, 0.15) is 6.04 Å². The Morgan fingerprint density at radius 1 is 1.17 bits per heavy atom. The molecule has 2 aliphatic rings. The molecule has 4 rings (SSSR count). The van der Waals surface area contributed by atoms with Gasteiger partial charge in [-0.1, -0.05) is 36.4 Å². The van der Waals surface area contributed by atoms with E-state index in [0.29, 0.717) is 17.1 Å². The van der Waals surface area contributed by atoms with Crippen molar-refractivity contribution in [2.24, 2.45) is 0 Å². The Bertz CT molecular complexity index is 964. The van der Waals surface area contributed by atoms with Crippen molar-refractivity contribution in [2.45, 2.75) is 25.0 Å². The number of carbonyl (C=O) groups excluding carboxylic acids is 3. The molecule has 9 nitrogen and oxygen atoms in total. The number of benzene rings is 2. The van der Waals surface area contributed by atoms with Gasteiger partial charge in [0.05, 0.1) is 25.6 Å². The van der Waals surface area contributed by atoms with Crippen molar-refractivity contribution >= 4 is 17.8 Å². The highest BCUT2D eigenvalue weighted by molar-refractivity contribution is 6.05. The van der Waals surface area contributed by atoms with Crippen molar-refractivity contribution in [3.05, 3.63) is 59.7 Å². The zero-order valence-electron chi connectivity index (χ0n) is 16.0. The fraction of sp³-hybridized carbons (Fsp3) is 0.286. The first-order chi connectivity index (χ1) is 14.5. The van der Waals surface area contributed by atoms with Crippen molar-refractivity contribution in [3.63, 3.8) is 0 Å². The van der Waals surface area contributed by atoms with Crippen LogP contribution in [0.25, 0.3) is 0 Å². The normalized spacial score (nSPS) is 18.3. The lowest BCUT2D eigenvalue weighted by Gasteiger charge is -2.18. The molecular formula is C21H21N3O6. The van der Waals surface area contributed by atoms with Gasteiger partial charge in [-0.25, -0.2) is 4.79 Å². The molecule has 3 N–H and O–H groups in total. The summed E-state index contributed by atoms with van der Waals surface area (Å²) < 4.78 is 10.6. The predicted molar refractivity (Wildman–Crippen MR) is 104 cm³/mol. The van der Waals surface area contributed by atoms with E-state index in [1.807, 2.05) is 6.07 Å². The molecule has 2 aromatic rings. The highest BCUT2D eigenvalue weighted by atomic mass is 16.7. The smallest absolute Gasteiger partial charge is 0.325 e. The number of hydrogen-bond donors (Lipinski definition) is 3. The lowest BCUT2D eigenvalue weighted by molar-refractivity contribution is -0.131. The van der Waals surface area contributed by atoms with E-state index in [0.717, 1.165) is 10.5 Å². The number of aliphatic hydroxyl groups is 1. The average Bonchev–Trinajstić information content (AvgIpc) is 3.32. The van der Waals surface area contributed by atoms with Crippen LogP contribution in [-0.4, -0.2) is 47.3 Å². The van der Waals surface area contributed by atoms with Crippen LogP contribution >= 0.6 is 0 Å². The molecule has 0 saturated carbocycles. The summed E-state index contributed by atoms with van der Waals surface area (Å²) in [6, 6.07) is 12.1. The molecule has 0 aliphatic carbocycles. The Morgan fingerprint density at radius 3 is 2.70 bits per heavy atom. The first kappa shape index (κ1) is 19.7. The molecule has 9 heteroatoms. The van der Waals surface area contributed by atoms with Gasteiger partial charge in [0, 0.05) is 0 Å². The van der Waals surface area contributed by atoms with Crippen molar-refractivity contribution in [1.29, 1.82) is 0 Å². The van der Waals surface area contributed by atoms with E-state index in [9.17, 15) is 19.5 Å². The van der Waals surface area contributed by atoms with E-state index >= 15 is 0 Å². The summed E-state index contributed by atoms with van der Waals surface area (Å²) in [6.45, 7) is -0.0867. The lowest BCUT2D eigenvalue weighted by atomic mass is 10.1. The van der Waals surface area contributed by atoms with Crippen LogP contribution in [0.15, 0.2) is 48.5 Å². The largest absolute Gasteiger partial charge is 0.454 e. The number of fused-ring (bicyclic) bond motifs is 1. The number of rotatable bonds is 7. The molecule has 0 aromatic heterocycles. The summed E-state index contributed by atoms with van der Waals surface area (Å²) >= 11 is 0. The number of nitrogens with one attached hydrogen (secondary N) is 2. The summed E-state index contributed by atoms with van der Waals surface area (Å²) in [7, 11) is 0. The Morgan fingerprint density at radius 2 is 1.93 bits per heavy atom. The molecule has 30 heavy (non-hydrogen) atoms. The first-order valence-electron chi connectivity index (χ1n) is 9.50. The minimum Gasteiger partial charge on any atom is -0.454 e. The van der Waals surface area contributed by atoms with E-state index in [1.54, 1.807) is 42.5 Å². The summed E-state index contributed by atoms with van der Waals surface area (Å²) in [5.41, 5.74) is 1.46. The van der Waals surface area contributed by atoms with Crippen molar-refractivity contribution in [2.75, 3.05) is 13.4 Å². The number of ether oxygens (including phenoxy) is 2. The zero-order chi connectivity index (χ0) is 21.1. The quantitative estimate of drug-likeness (QED) is 0.587. The molecule has 1 fully saturated rings. The Hall–Kier alpha value is -3.59. The van der Waals surface area contributed by atoms with Gasteiger partial charge in [-0.3, -0.25) is 14.5 Å². The second kappa shape index (κ2) is 8.42. The Labute approximate surface area is 172 Å². The van der Waals surface area contributed by atoms with Gasteiger partial charge >= 0.3 is 6.03 Å². The number of hydrogen-bond acceptors (Lipinski definition) is 6. The van der Waals surface area contributed by atoms with Gasteiger partial charge in [0.25, 0.3) is 5.91 Å². The molecule has 0 bridgehead atoms. The van der Waals surface area contributed by atoms with E-state index in [4.69, 9.17) is 9.47 Å². The van der Waals surface area contributed by atoms with Crippen LogP contribution in [0.3, 0.4) is 0 Å². The third kappa shape index (κ3) is 4.06. The van der Waals surface area contributed by atoms with Crippen LogP contribution in [0.1, 0.15) is 23.6 Å². The number of nitrogens with zero attached hydrogens (tertiary/aromatic N) is 1. The van der Waals surface area contributed by atoms with Crippen LogP contribution in [-0.2, 0) is 16.1 Å². The van der Waals surface area contributed by atoms with E-state index in [2.05, 4.69) is 10.6 Å². The van der Waals surface area contributed by atoms with Crippen LogP contribution < -0.4 is 20.1 Å². The third-order valence-corrected chi connectivity index (χ3v) is 4.99. The number of amides is 4. The second-order valence-electron chi connectivity index (χ2n) is 7.03. The maximum absolute atomic E-state index is 12.7. The zero-order valence-corrected chi connectivity index (χ0v) is 16.0. The van der Waals surface area contributed by atoms with Crippen molar-refractivity contribution < 1.29 is 29.0 Å². The topological polar surface area (TPSA) is 117 Å². The third-order valence-electron chi connectivity index (χ3n) is 4.99. The average molecular weight is 411 g/mol. The Balaban J connectivity index is 1.37. The van der Waals surface area contributed by atoms with Gasteiger partial charge in [0.2, 0.25) is 12.7 Å². The molecule has 2 unspecified atom stereocenters. The molecule has 156 valence electrons. The molecule has 2 atom stereocenters. The van der Waals surface area contributed by atoms with Gasteiger partial charge in [-0.2, -0.15) is 0 Å². The highest BCUT2D eigenvalue weighted by Gasteiger charge is 2.39. The minimum atomic E-state index is -0.957. The molecule has 2 heterocycles. The molecule has 2 aliphatic heterocycles. The van der Waals surface area contributed by atoms with E-state index < -0.39 is 29.9 Å². The first-order valence-corrected chi connectivity index (χ1v) is 9.50. The Kier molecular flexibility index (Phi) is 5.53. The van der Waals surface area contributed by atoms with Gasteiger partial charge < -0.3 is 25.2 Å². The molecular weight excluding hydrogens is 390 g/mol. The van der Waals surface area contributed by atoms with Crippen LogP contribution in [0, 0.1) is 0 Å². The van der Waals surface area contributed by atoms with Gasteiger partial charge in [0.15, 0.2) is 11.5 Å². The van der Waals surface area contributed by atoms with Crippen molar-refractivity contribution in [3.8, 4) is 11.5 Å². The van der Waals surface area contributed by atoms with E-state index in [-0.39, 0.29) is 26.4 Å². The fourth-order valence-corrected chi connectivity index (χ4v) is 3.45. The minimum absolute atomic E-state index is 0.0582. The SMILES string of the molecule is O=C(CC1NC(=O)N(Cc2ccc3c(c2)OCO3)C1=O)NC(CO)c1ccccc1. The van der Waals surface area contributed by atoms with Crippen molar-refractivity contribution in [1.82, 2.24) is 15.5 Å². The van der Waals surface area contributed by atoms with Crippen LogP contribution in [0.4, 0.5) is 4.79 Å². The molecule has 0 radical (unpaired) electrons. The van der Waals surface area contributed by atoms with Gasteiger partial charge in [-0.05, 0) is 23.3 Å². The summed E-state index contributed by atoms with van der Waals surface area (Å²) in [4.78, 5) is 38.4. The predicted octanol–water partition coefficient (Wildman–Crippen LogP) is 1.08. The molecule has 4 amide bonds. The lowest BCUT2D eigenvalue weighted by Crippen LogP contribution is -2.38. The second-order valence-corrected chi connectivity index (χ2v) is 7.03. The van der Waals surface area contributed by atoms with Crippen LogP contribution in [0.2, 0.25) is 0 Å². The number of aliphatic hydroxyl groups excluding tert-OH is 1. The molecule has 2 aromatic carbocycles. The number of urea groups is 1. The maximum atomic E-state index is 12.7. The number of carbonyl (C=O) groups is 3.